The summed E-state index contributed by atoms with van der Waals surface area (Å²) in [6.45, 7) is 2.03. The van der Waals surface area contributed by atoms with Gasteiger partial charge < -0.3 is 10.6 Å². The van der Waals surface area contributed by atoms with Crippen LogP contribution in [0, 0.1) is 0 Å². The lowest BCUT2D eigenvalue weighted by Crippen LogP contribution is -2.45. The van der Waals surface area contributed by atoms with Gasteiger partial charge in [-0.25, -0.2) is 14.6 Å². The van der Waals surface area contributed by atoms with Crippen molar-refractivity contribution in [1.82, 2.24) is 24.6 Å². The molecule has 15 heavy (non-hydrogen) atoms. The van der Waals surface area contributed by atoms with E-state index in [9.17, 15) is 0 Å². The van der Waals surface area contributed by atoms with Crippen LogP contribution < -0.4 is 5.73 Å². The lowest BCUT2D eigenvalue weighted by molar-refractivity contribution is 0.133. The minimum atomic E-state index is 0.418. The van der Waals surface area contributed by atoms with E-state index in [0.717, 1.165) is 24.1 Å². The normalized spacial score (nSPS) is 18.2. The topological polar surface area (TPSA) is 72.9 Å². The molecule has 6 nitrogen and oxygen atoms in total. The van der Waals surface area contributed by atoms with E-state index in [1.165, 1.54) is 6.33 Å². The smallest absolute Gasteiger partial charge is 0.163 e. The molecular weight excluding hydrogens is 192 g/mol. The van der Waals surface area contributed by atoms with Crippen LogP contribution >= 0.6 is 0 Å². The van der Waals surface area contributed by atoms with Crippen LogP contribution in [0.4, 0.5) is 5.82 Å². The van der Waals surface area contributed by atoms with Gasteiger partial charge in [0.05, 0.1) is 17.6 Å². The highest BCUT2D eigenvalue weighted by atomic mass is 15.4. The van der Waals surface area contributed by atoms with Gasteiger partial charge in [-0.15, -0.1) is 0 Å². The fourth-order valence-corrected chi connectivity index (χ4v) is 1.97. The van der Waals surface area contributed by atoms with E-state index in [1.54, 1.807) is 6.20 Å². The summed E-state index contributed by atoms with van der Waals surface area (Å²) in [4.78, 5) is 10.4. The molecule has 0 saturated carbocycles. The third-order valence-electron chi connectivity index (χ3n) is 2.81. The number of nitrogens with two attached hydrogens (primary N) is 1. The average Bonchev–Trinajstić information content (AvgIpc) is 2.58. The molecule has 0 amide bonds. The predicted octanol–water partition coefficient (Wildman–Crippen LogP) is -0.105. The number of likely N-dealkylation sites (tertiary alicyclic amines) is 1. The Bertz CT molecular complexity index is 498. The lowest BCUT2D eigenvalue weighted by Gasteiger charge is -2.36. The summed E-state index contributed by atoms with van der Waals surface area (Å²) in [6, 6.07) is 0.418. The largest absolute Gasteiger partial charge is 0.383 e. The van der Waals surface area contributed by atoms with E-state index in [4.69, 9.17) is 5.73 Å². The standard InChI is InChI=1S/C9H12N6/c1-14-3-6(4-14)15-9-7(2-13-15)8(10)11-5-12-9/h2,5-6H,3-4H2,1H3,(H2,10,11,12). The second kappa shape index (κ2) is 2.90. The molecule has 0 bridgehead atoms. The highest BCUT2D eigenvalue weighted by Crippen LogP contribution is 2.24. The Labute approximate surface area is 86.7 Å². The number of aromatic nitrogens is 4. The number of hydrogen-bond donors (Lipinski definition) is 1. The van der Waals surface area contributed by atoms with Gasteiger partial charge in [0.1, 0.15) is 12.1 Å². The molecule has 2 N–H and O–H groups in total. The van der Waals surface area contributed by atoms with E-state index in [-0.39, 0.29) is 0 Å². The maximum absolute atomic E-state index is 5.74. The summed E-state index contributed by atoms with van der Waals surface area (Å²) in [5, 5.41) is 5.16. The molecular formula is C9H12N6. The van der Waals surface area contributed by atoms with Crippen LogP contribution in [-0.2, 0) is 0 Å². The fourth-order valence-electron chi connectivity index (χ4n) is 1.97. The molecule has 1 aliphatic rings. The summed E-state index contributed by atoms with van der Waals surface area (Å²) in [7, 11) is 2.09. The minimum absolute atomic E-state index is 0.418. The average molecular weight is 204 g/mol. The van der Waals surface area contributed by atoms with Crippen LogP contribution in [0.2, 0.25) is 0 Å². The van der Waals surface area contributed by atoms with Gasteiger partial charge in [0, 0.05) is 13.1 Å². The van der Waals surface area contributed by atoms with Gasteiger partial charge >= 0.3 is 0 Å². The van der Waals surface area contributed by atoms with Gasteiger partial charge in [0.2, 0.25) is 0 Å². The zero-order valence-corrected chi connectivity index (χ0v) is 8.46. The predicted molar refractivity (Wildman–Crippen MR) is 56.3 cm³/mol. The zero-order chi connectivity index (χ0) is 10.4. The van der Waals surface area contributed by atoms with E-state index in [2.05, 4.69) is 27.0 Å². The number of likely N-dealkylation sites (N-methyl/N-ethyl adjacent to an activating group) is 1. The molecule has 3 heterocycles. The van der Waals surface area contributed by atoms with Crippen molar-refractivity contribution >= 4 is 16.9 Å². The Kier molecular flexibility index (Phi) is 1.66. The first-order valence-corrected chi connectivity index (χ1v) is 4.88. The Morgan fingerprint density at radius 2 is 2.20 bits per heavy atom. The molecule has 2 aromatic rings. The van der Waals surface area contributed by atoms with Crippen LogP contribution in [0.5, 0.6) is 0 Å². The van der Waals surface area contributed by atoms with Gasteiger partial charge in [-0.3, -0.25) is 0 Å². The van der Waals surface area contributed by atoms with Crippen molar-refractivity contribution in [3.63, 3.8) is 0 Å². The summed E-state index contributed by atoms with van der Waals surface area (Å²) in [5.74, 6) is 0.499. The summed E-state index contributed by atoms with van der Waals surface area (Å²) >= 11 is 0. The molecule has 0 aromatic carbocycles. The number of fused-ring (bicyclic) bond motifs is 1. The Hall–Kier alpha value is -1.69. The minimum Gasteiger partial charge on any atom is -0.383 e. The monoisotopic (exact) mass is 204 g/mol. The van der Waals surface area contributed by atoms with Crippen molar-refractivity contribution in [3.8, 4) is 0 Å². The molecule has 1 saturated heterocycles. The highest BCUT2D eigenvalue weighted by Gasteiger charge is 2.27. The summed E-state index contributed by atoms with van der Waals surface area (Å²) in [5.41, 5.74) is 6.58. The van der Waals surface area contributed by atoms with Crippen molar-refractivity contribution in [3.05, 3.63) is 12.5 Å². The molecule has 0 atom stereocenters. The van der Waals surface area contributed by atoms with Crippen LogP contribution in [-0.4, -0.2) is 44.8 Å². The Morgan fingerprint density at radius 3 is 2.93 bits per heavy atom. The van der Waals surface area contributed by atoms with Crippen LogP contribution in [0.25, 0.3) is 11.0 Å². The molecule has 3 rings (SSSR count). The van der Waals surface area contributed by atoms with Crippen molar-refractivity contribution in [2.24, 2.45) is 0 Å². The molecule has 78 valence electrons. The van der Waals surface area contributed by atoms with E-state index in [1.807, 2.05) is 4.68 Å². The molecule has 0 aliphatic carbocycles. The van der Waals surface area contributed by atoms with Gasteiger partial charge in [0.15, 0.2) is 5.65 Å². The van der Waals surface area contributed by atoms with E-state index in [0.29, 0.717) is 11.9 Å². The van der Waals surface area contributed by atoms with Gasteiger partial charge in [-0.2, -0.15) is 5.10 Å². The maximum atomic E-state index is 5.74. The van der Waals surface area contributed by atoms with Crippen LogP contribution in [0.15, 0.2) is 12.5 Å². The summed E-state index contributed by atoms with van der Waals surface area (Å²) < 4.78 is 1.94. The molecule has 0 unspecified atom stereocenters. The third-order valence-corrected chi connectivity index (χ3v) is 2.81. The first kappa shape index (κ1) is 8.60. The second-order valence-corrected chi connectivity index (χ2v) is 3.96. The number of hydrogen-bond acceptors (Lipinski definition) is 5. The number of anilines is 1. The third kappa shape index (κ3) is 1.18. The molecule has 0 radical (unpaired) electrons. The molecule has 1 aliphatic heterocycles. The number of nitrogens with zero attached hydrogens (tertiary/aromatic N) is 5. The van der Waals surface area contributed by atoms with Gasteiger partial charge in [-0.1, -0.05) is 0 Å². The molecule has 1 fully saturated rings. The molecule has 0 spiro atoms. The molecule has 6 heteroatoms. The van der Waals surface area contributed by atoms with Crippen molar-refractivity contribution in [2.45, 2.75) is 6.04 Å². The van der Waals surface area contributed by atoms with E-state index >= 15 is 0 Å². The van der Waals surface area contributed by atoms with Gasteiger partial charge in [0.25, 0.3) is 0 Å². The first-order valence-electron chi connectivity index (χ1n) is 4.88. The second-order valence-electron chi connectivity index (χ2n) is 3.96. The first-order chi connectivity index (χ1) is 7.25. The van der Waals surface area contributed by atoms with Crippen LogP contribution in [0.1, 0.15) is 6.04 Å². The quantitative estimate of drug-likeness (QED) is 0.702. The molecule has 2 aromatic heterocycles. The Morgan fingerprint density at radius 1 is 1.40 bits per heavy atom. The van der Waals surface area contributed by atoms with Crippen molar-refractivity contribution in [2.75, 3.05) is 25.9 Å². The zero-order valence-electron chi connectivity index (χ0n) is 8.46. The SMILES string of the molecule is CN1CC(n2ncc3c(N)ncnc32)C1. The fraction of sp³-hybridized carbons (Fsp3) is 0.444. The highest BCUT2D eigenvalue weighted by molar-refractivity contribution is 5.84. The maximum Gasteiger partial charge on any atom is 0.163 e. The van der Waals surface area contributed by atoms with Crippen LogP contribution in [0.3, 0.4) is 0 Å². The Balaban J connectivity index is 2.09. The van der Waals surface area contributed by atoms with E-state index < -0.39 is 0 Å². The number of rotatable bonds is 1. The van der Waals surface area contributed by atoms with Crippen molar-refractivity contribution in [1.29, 1.82) is 0 Å². The summed E-state index contributed by atoms with van der Waals surface area (Å²) in [6.07, 6.45) is 3.22. The van der Waals surface area contributed by atoms with Crippen molar-refractivity contribution < 1.29 is 0 Å². The van der Waals surface area contributed by atoms with Gasteiger partial charge in [-0.05, 0) is 7.05 Å². The number of nitrogen functional groups attached to an aromatic ring is 1. The lowest BCUT2D eigenvalue weighted by atomic mass is 10.1.